The predicted octanol–water partition coefficient (Wildman–Crippen LogP) is -0.257. The Hall–Kier alpha value is -1.98. The first kappa shape index (κ1) is 9.11. The van der Waals surface area contributed by atoms with Crippen LogP contribution in [-0.2, 0) is 0 Å². The fourth-order valence-electron chi connectivity index (χ4n) is 0.820. The van der Waals surface area contributed by atoms with E-state index in [1.54, 1.807) is 0 Å². The van der Waals surface area contributed by atoms with Gasteiger partial charge in [-0.1, -0.05) is 5.16 Å². The molecule has 0 unspecified atom stereocenters. The van der Waals surface area contributed by atoms with Crippen molar-refractivity contribution in [3.8, 4) is 5.75 Å². The summed E-state index contributed by atoms with van der Waals surface area (Å²) in [6, 6.07) is 1.17. The quantitative estimate of drug-likeness (QED) is 0.285. The second kappa shape index (κ2) is 3.61. The Bertz CT molecular complexity index is 382. The fraction of sp³-hybridized carbons (Fsp3) is 0.143. The number of rotatable bonds is 2. The predicted molar refractivity (Wildman–Crippen MR) is 44.0 cm³/mol. The highest BCUT2D eigenvalue weighted by Crippen LogP contribution is 2.10. The van der Waals surface area contributed by atoms with Gasteiger partial charge in [-0.25, -0.2) is 0 Å². The van der Waals surface area contributed by atoms with Gasteiger partial charge in [-0.2, -0.15) is 0 Å². The van der Waals surface area contributed by atoms with E-state index in [2.05, 4.69) is 5.16 Å². The first-order valence-corrected chi connectivity index (χ1v) is 3.34. The third kappa shape index (κ3) is 1.61. The van der Waals surface area contributed by atoms with Gasteiger partial charge in [0.15, 0.2) is 0 Å². The Morgan fingerprint density at radius 2 is 2.46 bits per heavy atom. The number of ether oxygens (including phenoxy) is 1. The standard InChI is InChI=1S/C7H8N2O4/c1-12-5-4(10)2-3-13-6(5)7(8)9-11/h2-3,11H,1H3,(H2,8,9). The molecule has 6 nitrogen and oxygen atoms in total. The summed E-state index contributed by atoms with van der Waals surface area (Å²) in [5.41, 5.74) is 4.83. The van der Waals surface area contributed by atoms with Crippen molar-refractivity contribution in [3.63, 3.8) is 0 Å². The van der Waals surface area contributed by atoms with Gasteiger partial charge >= 0.3 is 0 Å². The maximum Gasteiger partial charge on any atom is 0.227 e. The van der Waals surface area contributed by atoms with Gasteiger partial charge in [0.2, 0.25) is 22.8 Å². The van der Waals surface area contributed by atoms with Crippen LogP contribution in [0.2, 0.25) is 0 Å². The summed E-state index contributed by atoms with van der Waals surface area (Å²) in [4.78, 5) is 11.1. The summed E-state index contributed by atoms with van der Waals surface area (Å²) < 4.78 is 9.56. The normalized spacial score (nSPS) is 11.3. The molecule has 1 rings (SSSR count). The summed E-state index contributed by atoms with van der Waals surface area (Å²) in [6.45, 7) is 0. The Balaban J connectivity index is 3.37. The lowest BCUT2D eigenvalue weighted by molar-refractivity contribution is 0.315. The van der Waals surface area contributed by atoms with Crippen LogP contribution in [0.4, 0.5) is 0 Å². The molecule has 0 spiro atoms. The molecule has 0 fully saturated rings. The van der Waals surface area contributed by atoms with Crippen molar-refractivity contribution in [2.45, 2.75) is 0 Å². The van der Waals surface area contributed by atoms with Crippen LogP contribution in [-0.4, -0.2) is 18.2 Å². The van der Waals surface area contributed by atoms with Gasteiger partial charge in [-0.3, -0.25) is 4.79 Å². The van der Waals surface area contributed by atoms with Crippen molar-refractivity contribution >= 4 is 5.84 Å². The molecular weight excluding hydrogens is 176 g/mol. The number of hydrogen-bond acceptors (Lipinski definition) is 5. The largest absolute Gasteiger partial charge is 0.489 e. The first-order valence-electron chi connectivity index (χ1n) is 3.34. The number of nitrogens with zero attached hydrogens (tertiary/aromatic N) is 1. The molecule has 1 aromatic heterocycles. The minimum absolute atomic E-state index is 0.0854. The van der Waals surface area contributed by atoms with Crippen LogP contribution < -0.4 is 15.9 Å². The van der Waals surface area contributed by atoms with E-state index in [0.717, 1.165) is 6.26 Å². The van der Waals surface area contributed by atoms with E-state index in [0.29, 0.717) is 0 Å². The Kier molecular flexibility index (Phi) is 2.53. The zero-order chi connectivity index (χ0) is 9.84. The van der Waals surface area contributed by atoms with E-state index < -0.39 is 5.43 Å². The summed E-state index contributed by atoms with van der Waals surface area (Å²) in [6.07, 6.45) is 1.14. The van der Waals surface area contributed by atoms with E-state index in [-0.39, 0.29) is 17.3 Å². The van der Waals surface area contributed by atoms with E-state index >= 15 is 0 Å². The highest BCUT2D eigenvalue weighted by atomic mass is 16.5. The van der Waals surface area contributed by atoms with Crippen molar-refractivity contribution in [1.29, 1.82) is 0 Å². The monoisotopic (exact) mass is 184 g/mol. The second-order valence-electron chi connectivity index (χ2n) is 2.13. The third-order valence-electron chi connectivity index (χ3n) is 1.38. The number of amidine groups is 1. The zero-order valence-electron chi connectivity index (χ0n) is 6.85. The molecule has 0 bridgehead atoms. The average molecular weight is 184 g/mol. The fourth-order valence-corrected chi connectivity index (χ4v) is 0.820. The van der Waals surface area contributed by atoms with Gasteiger partial charge in [-0.15, -0.1) is 0 Å². The van der Waals surface area contributed by atoms with Crippen LogP contribution in [0.3, 0.4) is 0 Å². The molecule has 0 aliphatic rings. The molecule has 13 heavy (non-hydrogen) atoms. The van der Waals surface area contributed by atoms with Crippen LogP contribution in [0.15, 0.2) is 26.7 Å². The molecule has 6 heteroatoms. The van der Waals surface area contributed by atoms with Gasteiger partial charge in [0.05, 0.1) is 13.4 Å². The SMILES string of the molecule is COc1c(/C(N)=N\O)occc1=O. The van der Waals surface area contributed by atoms with E-state index in [9.17, 15) is 4.79 Å². The molecule has 0 aliphatic heterocycles. The van der Waals surface area contributed by atoms with Crippen molar-refractivity contribution in [2.75, 3.05) is 7.11 Å². The second-order valence-corrected chi connectivity index (χ2v) is 2.13. The van der Waals surface area contributed by atoms with Crippen molar-refractivity contribution in [2.24, 2.45) is 10.9 Å². The maximum absolute atomic E-state index is 11.1. The molecule has 0 atom stereocenters. The Morgan fingerprint density at radius 1 is 1.77 bits per heavy atom. The van der Waals surface area contributed by atoms with E-state index in [4.69, 9.17) is 20.1 Å². The van der Waals surface area contributed by atoms with Crippen molar-refractivity contribution < 1.29 is 14.4 Å². The van der Waals surface area contributed by atoms with Crippen LogP contribution in [0.1, 0.15) is 5.76 Å². The van der Waals surface area contributed by atoms with E-state index in [1.165, 1.54) is 13.2 Å². The average Bonchev–Trinajstić information content (AvgIpc) is 2.16. The Labute approximate surface area is 73.2 Å². The lowest BCUT2D eigenvalue weighted by atomic mass is 10.3. The molecule has 0 amide bonds. The lowest BCUT2D eigenvalue weighted by Gasteiger charge is -2.02. The van der Waals surface area contributed by atoms with Gasteiger partial charge < -0.3 is 20.1 Å². The van der Waals surface area contributed by atoms with Gasteiger partial charge in [0.25, 0.3) is 0 Å². The molecule has 70 valence electrons. The highest BCUT2D eigenvalue weighted by molar-refractivity contribution is 5.96. The number of oxime groups is 1. The molecule has 1 aromatic rings. The topological polar surface area (TPSA) is 98.1 Å². The summed E-state index contributed by atoms with van der Waals surface area (Å²) in [5.74, 6) is -0.482. The van der Waals surface area contributed by atoms with E-state index in [1.807, 2.05) is 0 Å². The molecule has 0 radical (unpaired) electrons. The van der Waals surface area contributed by atoms with Crippen LogP contribution in [0, 0.1) is 0 Å². The van der Waals surface area contributed by atoms with Gasteiger partial charge in [0, 0.05) is 6.07 Å². The van der Waals surface area contributed by atoms with Crippen molar-refractivity contribution in [3.05, 3.63) is 28.3 Å². The van der Waals surface area contributed by atoms with Gasteiger partial charge in [0.1, 0.15) is 0 Å². The summed E-state index contributed by atoms with van der Waals surface area (Å²) in [5, 5.41) is 11.0. The third-order valence-corrected chi connectivity index (χ3v) is 1.38. The minimum Gasteiger partial charge on any atom is -0.489 e. The number of methoxy groups -OCH3 is 1. The molecule has 0 saturated heterocycles. The minimum atomic E-state index is -0.393. The van der Waals surface area contributed by atoms with Crippen LogP contribution in [0.5, 0.6) is 5.75 Å². The Morgan fingerprint density at radius 3 is 3.00 bits per heavy atom. The number of hydrogen-bond donors (Lipinski definition) is 2. The molecule has 0 aromatic carbocycles. The number of nitrogens with two attached hydrogens (primary N) is 1. The molecule has 1 heterocycles. The highest BCUT2D eigenvalue weighted by Gasteiger charge is 2.13. The first-order chi connectivity index (χ1) is 6.20. The maximum atomic E-state index is 11.1. The summed E-state index contributed by atoms with van der Waals surface area (Å²) in [7, 11) is 1.29. The van der Waals surface area contributed by atoms with Gasteiger partial charge in [-0.05, 0) is 0 Å². The smallest absolute Gasteiger partial charge is 0.227 e. The molecule has 0 saturated carbocycles. The summed E-state index contributed by atoms with van der Waals surface area (Å²) >= 11 is 0. The van der Waals surface area contributed by atoms with Crippen molar-refractivity contribution in [1.82, 2.24) is 0 Å². The lowest BCUT2D eigenvalue weighted by Crippen LogP contribution is -2.18. The molecule has 0 aliphatic carbocycles. The molecule has 3 N–H and O–H groups in total. The molecular formula is C7H8N2O4. The van der Waals surface area contributed by atoms with Crippen LogP contribution >= 0.6 is 0 Å². The zero-order valence-corrected chi connectivity index (χ0v) is 6.85. The van der Waals surface area contributed by atoms with Crippen LogP contribution in [0.25, 0.3) is 0 Å².